The van der Waals surface area contributed by atoms with Crippen LogP contribution in [0.15, 0.2) is 0 Å². The van der Waals surface area contributed by atoms with Crippen LogP contribution in [0, 0.1) is 0 Å². The van der Waals surface area contributed by atoms with Gasteiger partial charge in [-0.2, -0.15) is 0 Å². The molecule has 0 aromatic carbocycles. The molecule has 0 N–H and O–H groups in total. The van der Waals surface area contributed by atoms with E-state index in [9.17, 15) is 9.59 Å². The molecule has 0 fully saturated rings. The molecule has 0 saturated heterocycles. The summed E-state index contributed by atoms with van der Waals surface area (Å²) >= 11 is 0. The highest BCUT2D eigenvalue weighted by molar-refractivity contribution is 6.32. The van der Waals surface area contributed by atoms with Gasteiger partial charge in [0.1, 0.15) is 0 Å². The van der Waals surface area contributed by atoms with Gasteiger partial charge >= 0.3 is 11.9 Å². The van der Waals surface area contributed by atoms with E-state index in [1.54, 1.807) is 0 Å². The molecule has 0 aromatic heterocycles. The number of rotatable bonds is 0. The van der Waals surface area contributed by atoms with E-state index in [1.807, 2.05) is 0 Å². The average Bonchev–Trinajstić information content (AvgIpc) is 1.84. The average molecular weight is 131 g/mol. The number of carbonyl (C=O) groups excluding carboxylic acids is 2. The van der Waals surface area contributed by atoms with Gasteiger partial charge in [-0.3, -0.25) is 4.79 Å². The van der Waals surface area contributed by atoms with Crippen molar-refractivity contribution in [3.8, 4) is 0 Å². The van der Waals surface area contributed by atoms with E-state index in [1.165, 1.54) is 21.2 Å². The molecule has 0 spiro atoms. The summed E-state index contributed by atoms with van der Waals surface area (Å²) in [5, 5.41) is 0. The number of amides is 1. The summed E-state index contributed by atoms with van der Waals surface area (Å²) in [6, 6.07) is 0. The van der Waals surface area contributed by atoms with E-state index in [4.69, 9.17) is 0 Å². The third kappa shape index (κ3) is 2.12. The second-order valence-corrected chi connectivity index (χ2v) is 1.69. The predicted octanol–water partition coefficient (Wildman–Crippen LogP) is -0.752. The van der Waals surface area contributed by atoms with E-state index in [0.29, 0.717) is 0 Å². The fraction of sp³-hybridized carbons (Fsp3) is 0.600. The standard InChI is InChI=1S/C5H9NO3/c1-6(2)4(7)5(8)9-3/h1-3H3. The fourth-order valence-electron chi connectivity index (χ4n) is 0.270. The zero-order valence-corrected chi connectivity index (χ0v) is 5.67. The number of carbonyl (C=O) groups is 2. The highest BCUT2D eigenvalue weighted by atomic mass is 16.5. The monoisotopic (exact) mass is 131 g/mol. The molecule has 0 aliphatic heterocycles. The van der Waals surface area contributed by atoms with Gasteiger partial charge in [-0.1, -0.05) is 0 Å². The van der Waals surface area contributed by atoms with Gasteiger partial charge in [0, 0.05) is 14.1 Å². The van der Waals surface area contributed by atoms with Gasteiger partial charge in [0.05, 0.1) is 7.11 Å². The van der Waals surface area contributed by atoms with Gasteiger partial charge in [-0.05, 0) is 0 Å². The SMILES string of the molecule is COC(=O)C(=O)N(C)C. The number of methoxy groups -OCH3 is 1. The Kier molecular flexibility index (Phi) is 2.70. The molecule has 0 saturated carbocycles. The highest BCUT2D eigenvalue weighted by Crippen LogP contribution is 1.80. The topological polar surface area (TPSA) is 46.6 Å². The number of nitrogens with zero attached hydrogens (tertiary/aromatic N) is 1. The first-order chi connectivity index (χ1) is 4.09. The minimum absolute atomic E-state index is 0.641. The second kappa shape index (κ2) is 3.06. The van der Waals surface area contributed by atoms with Gasteiger partial charge in [0.15, 0.2) is 0 Å². The molecule has 0 atom stereocenters. The quantitative estimate of drug-likeness (QED) is 0.321. The third-order valence-corrected chi connectivity index (χ3v) is 0.766. The van der Waals surface area contributed by atoms with Crippen molar-refractivity contribution in [2.24, 2.45) is 0 Å². The van der Waals surface area contributed by atoms with E-state index in [0.717, 1.165) is 4.90 Å². The molecule has 1 amide bonds. The maximum atomic E-state index is 10.5. The van der Waals surface area contributed by atoms with Crippen LogP contribution in [0.2, 0.25) is 0 Å². The van der Waals surface area contributed by atoms with Crippen molar-refractivity contribution >= 4 is 11.9 Å². The van der Waals surface area contributed by atoms with E-state index >= 15 is 0 Å². The first-order valence-electron chi connectivity index (χ1n) is 2.39. The summed E-state index contributed by atoms with van der Waals surface area (Å²) in [6.45, 7) is 0. The maximum absolute atomic E-state index is 10.5. The number of hydrogen-bond acceptors (Lipinski definition) is 3. The van der Waals surface area contributed by atoms with Crippen LogP contribution in [0.4, 0.5) is 0 Å². The molecule has 52 valence electrons. The molecule has 0 unspecified atom stereocenters. The van der Waals surface area contributed by atoms with Crippen LogP contribution in [0.25, 0.3) is 0 Å². The fourth-order valence-corrected chi connectivity index (χ4v) is 0.270. The highest BCUT2D eigenvalue weighted by Gasteiger charge is 2.14. The van der Waals surface area contributed by atoms with Crippen LogP contribution in [0.3, 0.4) is 0 Å². The smallest absolute Gasteiger partial charge is 0.396 e. The van der Waals surface area contributed by atoms with Gasteiger partial charge in [0.25, 0.3) is 0 Å². The van der Waals surface area contributed by atoms with E-state index < -0.39 is 11.9 Å². The number of ether oxygens (including phenoxy) is 1. The zero-order valence-electron chi connectivity index (χ0n) is 5.67. The number of hydrogen-bond donors (Lipinski definition) is 0. The lowest BCUT2D eigenvalue weighted by molar-refractivity contribution is -0.156. The van der Waals surface area contributed by atoms with Crippen LogP contribution in [0.5, 0.6) is 0 Å². The first-order valence-corrected chi connectivity index (χ1v) is 2.39. The van der Waals surface area contributed by atoms with Gasteiger partial charge < -0.3 is 9.64 Å². The summed E-state index contributed by atoms with van der Waals surface area (Å²) < 4.78 is 4.14. The number of esters is 1. The zero-order chi connectivity index (χ0) is 7.44. The molecule has 0 radical (unpaired) electrons. The van der Waals surface area contributed by atoms with Crippen molar-refractivity contribution in [3.05, 3.63) is 0 Å². The lowest BCUT2D eigenvalue weighted by Crippen LogP contribution is -2.30. The molecule has 0 aromatic rings. The van der Waals surface area contributed by atoms with Crippen molar-refractivity contribution < 1.29 is 14.3 Å². The van der Waals surface area contributed by atoms with Crippen LogP contribution < -0.4 is 0 Å². The van der Waals surface area contributed by atoms with Gasteiger partial charge in [0.2, 0.25) is 0 Å². The Hall–Kier alpha value is -1.06. The Morgan fingerprint density at radius 2 is 1.78 bits per heavy atom. The van der Waals surface area contributed by atoms with Crippen molar-refractivity contribution in [1.29, 1.82) is 0 Å². The van der Waals surface area contributed by atoms with Crippen LogP contribution in [-0.2, 0) is 14.3 Å². The van der Waals surface area contributed by atoms with E-state index in [-0.39, 0.29) is 0 Å². The molecule has 4 heteroatoms. The number of likely N-dealkylation sites (N-methyl/N-ethyl adjacent to an activating group) is 1. The largest absolute Gasteiger partial charge is 0.462 e. The first kappa shape index (κ1) is 7.94. The molecular weight excluding hydrogens is 122 g/mol. The maximum Gasteiger partial charge on any atom is 0.396 e. The second-order valence-electron chi connectivity index (χ2n) is 1.69. The molecule has 9 heavy (non-hydrogen) atoms. The summed E-state index contributed by atoms with van der Waals surface area (Å²) in [6.07, 6.45) is 0. The van der Waals surface area contributed by atoms with Crippen molar-refractivity contribution in [2.45, 2.75) is 0 Å². The van der Waals surface area contributed by atoms with Crippen molar-refractivity contribution in [1.82, 2.24) is 4.90 Å². The van der Waals surface area contributed by atoms with Crippen molar-refractivity contribution in [2.75, 3.05) is 21.2 Å². The lowest BCUT2D eigenvalue weighted by atomic mass is 10.6. The Labute approximate surface area is 53.4 Å². The molecular formula is C5H9NO3. The molecule has 0 aliphatic rings. The van der Waals surface area contributed by atoms with Crippen LogP contribution in [0.1, 0.15) is 0 Å². The lowest BCUT2D eigenvalue weighted by Gasteiger charge is -2.06. The van der Waals surface area contributed by atoms with Gasteiger partial charge in [-0.25, -0.2) is 4.79 Å². The third-order valence-electron chi connectivity index (χ3n) is 0.766. The Balaban J connectivity index is 3.89. The predicted molar refractivity (Wildman–Crippen MR) is 30.7 cm³/mol. The summed E-state index contributed by atoms with van der Waals surface area (Å²) in [5.41, 5.74) is 0. The Morgan fingerprint density at radius 1 is 1.33 bits per heavy atom. The van der Waals surface area contributed by atoms with Crippen molar-refractivity contribution in [3.63, 3.8) is 0 Å². The van der Waals surface area contributed by atoms with E-state index in [2.05, 4.69) is 4.74 Å². The Morgan fingerprint density at radius 3 is 1.89 bits per heavy atom. The molecule has 0 bridgehead atoms. The molecule has 0 rings (SSSR count). The minimum Gasteiger partial charge on any atom is -0.462 e. The Bertz CT molecular complexity index is 130. The normalized spacial score (nSPS) is 8.33. The molecule has 0 aliphatic carbocycles. The molecule has 0 heterocycles. The summed E-state index contributed by atoms with van der Waals surface area (Å²) in [5.74, 6) is -1.47. The summed E-state index contributed by atoms with van der Waals surface area (Å²) in [7, 11) is 4.14. The summed E-state index contributed by atoms with van der Waals surface area (Å²) in [4.78, 5) is 22.0. The van der Waals surface area contributed by atoms with Crippen LogP contribution >= 0.6 is 0 Å². The molecule has 4 nitrogen and oxygen atoms in total. The van der Waals surface area contributed by atoms with Gasteiger partial charge in [-0.15, -0.1) is 0 Å². The minimum atomic E-state index is -0.833. The van der Waals surface area contributed by atoms with Crippen LogP contribution in [-0.4, -0.2) is 38.0 Å².